The lowest BCUT2D eigenvalue weighted by atomic mass is 9.91. The van der Waals surface area contributed by atoms with Crippen LogP contribution in [-0.2, 0) is 4.74 Å². The van der Waals surface area contributed by atoms with Crippen LogP contribution < -0.4 is 5.32 Å². The molecule has 2 fully saturated rings. The SMILES string of the molecule is CC(C)(C)OC(=O)N1CCCC(NC2CCC2)CC1. The number of carbonyl (C=O) groups excluding carboxylic acids is 1. The van der Waals surface area contributed by atoms with Gasteiger partial charge in [0.1, 0.15) is 5.60 Å². The zero-order valence-electron chi connectivity index (χ0n) is 12.6. The van der Waals surface area contributed by atoms with Crippen molar-refractivity contribution in [1.29, 1.82) is 0 Å². The number of ether oxygens (including phenoxy) is 1. The first kappa shape index (κ1) is 14.6. The Kier molecular flexibility index (Phi) is 4.71. The van der Waals surface area contributed by atoms with Crippen molar-refractivity contribution in [3.63, 3.8) is 0 Å². The number of carbonyl (C=O) groups is 1. The molecule has 0 bridgehead atoms. The summed E-state index contributed by atoms with van der Waals surface area (Å²) in [6, 6.07) is 1.32. The summed E-state index contributed by atoms with van der Waals surface area (Å²) in [5, 5.41) is 3.72. The minimum Gasteiger partial charge on any atom is -0.444 e. The van der Waals surface area contributed by atoms with Crippen LogP contribution in [0.1, 0.15) is 59.3 Å². The van der Waals surface area contributed by atoms with Crippen molar-refractivity contribution in [2.75, 3.05) is 13.1 Å². The van der Waals surface area contributed by atoms with E-state index in [0.29, 0.717) is 6.04 Å². The Hall–Kier alpha value is -0.770. The van der Waals surface area contributed by atoms with Gasteiger partial charge in [0, 0.05) is 25.2 Å². The van der Waals surface area contributed by atoms with E-state index in [-0.39, 0.29) is 6.09 Å². The van der Waals surface area contributed by atoms with Gasteiger partial charge in [-0.05, 0) is 52.9 Å². The number of hydrogen-bond donors (Lipinski definition) is 1. The smallest absolute Gasteiger partial charge is 0.410 e. The third-order valence-electron chi connectivity index (χ3n) is 3.96. The third kappa shape index (κ3) is 4.68. The van der Waals surface area contributed by atoms with Gasteiger partial charge in [0.2, 0.25) is 0 Å². The number of hydrogen-bond acceptors (Lipinski definition) is 3. The van der Waals surface area contributed by atoms with Crippen molar-refractivity contribution >= 4 is 6.09 Å². The van der Waals surface area contributed by atoms with Gasteiger partial charge < -0.3 is 15.0 Å². The molecular formula is C15H28N2O2. The molecule has 0 spiro atoms. The summed E-state index contributed by atoms with van der Waals surface area (Å²) >= 11 is 0. The van der Waals surface area contributed by atoms with Crippen molar-refractivity contribution in [2.24, 2.45) is 0 Å². The summed E-state index contributed by atoms with van der Waals surface area (Å²) in [7, 11) is 0. The van der Waals surface area contributed by atoms with E-state index in [0.717, 1.165) is 32.0 Å². The summed E-state index contributed by atoms with van der Waals surface area (Å²) in [6.45, 7) is 7.41. The minimum absolute atomic E-state index is 0.156. The summed E-state index contributed by atoms with van der Waals surface area (Å²) in [6.07, 6.45) is 7.17. The second-order valence-electron chi connectivity index (χ2n) is 6.89. The van der Waals surface area contributed by atoms with Crippen LogP contribution in [0.4, 0.5) is 4.79 Å². The molecule has 2 rings (SSSR count). The van der Waals surface area contributed by atoms with Crippen LogP contribution >= 0.6 is 0 Å². The third-order valence-corrected chi connectivity index (χ3v) is 3.96. The van der Waals surface area contributed by atoms with Gasteiger partial charge in [0.25, 0.3) is 0 Å². The minimum atomic E-state index is -0.396. The highest BCUT2D eigenvalue weighted by Gasteiger charge is 2.27. The molecular weight excluding hydrogens is 240 g/mol. The van der Waals surface area contributed by atoms with Gasteiger partial charge >= 0.3 is 6.09 Å². The molecule has 1 aliphatic heterocycles. The Morgan fingerprint density at radius 3 is 2.26 bits per heavy atom. The zero-order chi connectivity index (χ0) is 13.9. The molecule has 0 aromatic carbocycles. The Morgan fingerprint density at radius 2 is 1.68 bits per heavy atom. The number of nitrogens with one attached hydrogen (secondary N) is 1. The van der Waals surface area contributed by atoms with E-state index >= 15 is 0 Å². The Balaban J connectivity index is 1.77. The summed E-state index contributed by atoms with van der Waals surface area (Å²) in [4.78, 5) is 13.9. The average molecular weight is 268 g/mol. The van der Waals surface area contributed by atoms with Crippen LogP contribution in [0.2, 0.25) is 0 Å². The highest BCUT2D eigenvalue weighted by Crippen LogP contribution is 2.22. The van der Waals surface area contributed by atoms with E-state index in [9.17, 15) is 4.79 Å². The molecule has 1 saturated carbocycles. The number of amides is 1. The molecule has 1 N–H and O–H groups in total. The zero-order valence-corrected chi connectivity index (χ0v) is 12.6. The molecule has 4 heteroatoms. The van der Waals surface area contributed by atoms with Gasteiger partial charge in [0.15, 0.2) is 0 Å². The molecule has 4 nitrogen and oxygen atoms in total. The largest absolute Gasteiger partial charge is 0.444 e. The molecule has 1 unspecified atom stereocenters. The monoisotopic (exact) mass is 268 g/mol. The highest BCUT2D eigenvalue weighted by atomic mass is 16.6. The van der Waals surface area contributed by atoms with Gasteiger partial charge in [0.05, 0.1) is 0 Å². The normalized spacial score (nSPS) is 25.6. The maximum atomic E-state index is 12.0. The van der Waals surface area contributed by atoms with E-state index in [1.807, 2.05) is 25.7 Å². The molecule has 1 amide bonds. The fourth-order valence-electron chi connectivity index (χ4n) is 2.68. The molecule has 1 aliphatic carbocycles. The summed E-state index contributed by atoms with van der Waals surface area (Å²) < 4.78 is 5.45. The molecule has 1 heterocycles. The standard InChI is InChI=1S/C15H28N2O2/c1-15(2,3)19-14(18)17-10-5-8-13(9-11-17)16-12-6-4-7-12/h12-13,16H,4-11H2,1-3H3. The van der Waals surface area contributed by atoms with E-state index in [1.165, 1.54) is 25.7 Å². The molecule has 0 aromatic heterocycles. The fraction of sp³-hybridized carbons (Fsp3) is 0.933. The van der Waals surface area contributed by atoms with Gasteiger partial charge in [-0.1, -0.05) is 6.42 Å². The summed E-state index contributed by atoms with van der Waals surface area (Å²) in [5.41, 5.74) is -0.396. The second kappa shape index (κ2) is 6.12. The molecule has 19 heavy (non-hydrogen) atoms. The van der Waals surface area contributed by atoms with E-state index in [1.54, 1.807) is 0 Å². The van der Waals surface area contributed by atoms with Gasteiger partial charge in [-0.25, -0.2) is 4.79 Å². The van der Waals surface area contributed by atoms with Gasteiger partial charge in [-0.15, -0.1) is 0 Å². The van der Waals surface area contributed by atoms with Crippen LogP contribution in [0.15, 0.2) is 0 Å². The molecule has 0 radical (unpaired) electrons. The molecule has 0 aromatic rings. The first-order valence-corrected chi connectivity index (χ1v) is 7.68. The van der Waals surface area contributed by atoms with E-state index in [2.05, 4.69) is 5.32 Å². The summed E-state index contributed by atoms with van der Waals surface area (Å²) in [5.74, 6) is 0. The first-order valence-electron chi connectivity index (χ1n) is 7.68. The molecule has 110 valence electrons. The maximum absolute atomic E-state index is 12.0. The van der Waals surface area contributed by atoms with E-state index in [4.69, 9.17) is 4.74 Å². The lowest BCUT2D eigenvalue weighted by Gasteiger charge is -2.31. The van der Waals surface area contributed by atoms with Gasteiger partial charge in [-0.3, -0.25) is 0 Å². The van der Waals surface area contributed by atoms with Crippen LogP contribution in [0, 0.1) is 0 Å². The second-order valence-corrected chi connectivity index (χ2v) is 6.89. The number of rotatable bonds is 2. The van der Waals surface area contributed by atoms with Gasteiger partial charge in [-0.2, -0.15) is 0 Å². The number of likely N-dealkylation sites (tertiary alicyclic amines) is 1. The van der Waals surface area contributed by atoms with Crippen LogP contribution in [-0.4, -0.2) is 41.8 Å². The quantitative estimate of drug-likeness (QED) is 0.837. The van der Waals surface area contributed by atoms with E-state index < -0.39 is 5.60 Å². The van der Waals surface area contributed by atoms with Crippen LogP contribution in [0.3, 0.4) is 0 Å². The Morgan fingerprint density at radius 1 is 1.05 bits per heavy atom. The number of nitrogens with zero attached hydrogens (tertiary/aromatic N) is 1. The molecule has 2 aliphatic rings. The predicted octanol–water partition coefficient (Wildman–Crippen LogP) is 2.92. The average Bonchev–Trinajstić information content (AvgIpc) is 2.46. The van der Waals surface area contributed by atoms with Crippen molar-refractivity contribution < 1.29 is 9.53 Å². The first-order chi connectivity index (χ1) is 8.94. The molecule has 1 saturated heterocycles. The van der Waals surface area contributed by atoms with Crippen molar-refractivity contribution in [3.8, 4) is 0 Å². The lowest BCUT2D eigenvalue weighted by molar-refractivity contribution is 0.0256. The van der Waals surface area contributed by atoms with Crippen LogP contribution in [0.25, 0.3) is 0 Å². The fourth-order valence-corrected chi connectivity index (χ4v) is 2.68. The molecule has 1 atom stereocenters. The Labute approximate surface area is 116 Å². The van der Waals surface area contributed by atoms with Crippen LogP contribution in [0.5, 0.6) is 0 Å². The Bertz CT molecular complexity index is 308. The highest BCUT2D eigenvalue weighted by molar-refractivity contribution is 5.68. The van der Waals surface area contributed by atoms with Crippen molar-refractivity contribution in [3.05, 3.63) is 0 Å². The van der Waals surface area contributed by atoms with Crippen molar-refractivity contribution in [1.82, 2.24) is 10.2 Å². The lowest BCUT2D eigenvalue weighted by Crippen LogP contribution is -2.43. The van der Waals surface area contributed by atoms with Crippen molar-refractivity contribution in [2.45, 2.75) is 77.0 Å². The maximum Gasteiger partial charge on any atom is 0.410 e. The topological polar surface area (TPSA) is 41.6 Å². The predicted molar refractivity (Wildman–Crippen MR) is 76.2 cm³/mol.